The topological polar surface area (TPSA) is 77.9 Å². The second kappa shape index (κ2) is 6.04. The minimum Gasteiger partial charge on any atom is -0.550 e. The van der Waals surface area contributed by atoms with Crippen LogP contribution in [0.4, 0.5) is 0 Å². The third-order valence-electron chi connectivity index (χ3n) is 4.51. The van der Waals surface area contributed by atoms with Gasteiger partial charge in [-0.05, 0) is 61.9 Å². The molecule has 0 unspecified atom stereocenters. The lowest BCUT2D eigenvalue weighted by Gasteiger charge is -2.29. The number of aliphatic carboxylic acids is 1. The number of carbonyl (C=O) groups is 1. The van der Waals surface area contributed by atoms with Gasteiger partial charge in [-0.15, -0.1) is 0 Å². The molecule has 0 bridgehead atoms. The van der Waals surface area contributed by atoms with Crippen molar-refractivity contribution in [2.75, 3.05) is 0 Å². The van der Waals surface area contributed by atoms with Crippen LogP contribution in [0.25, 0.3) is 10.9 Å². The van der Waals surface area contributed by atoms with Crippen molar-refractivity contribution in [1.82, 2.24) is 9.55 Å². The van der Waals surface area contributed by atoms with Crippen LogP contribution in [-0.2, 0) is 11.3 Å². The number of hydrogen-bond acceptors (Lipinski definition) is 4. The highest BCUT2D eigenvalue weighted by Crippen LogP contribution is 2.29. The van der Waals surface area contributed by atoms with E-state index in [1.807, 2.05) is 18.2 Å². The summed E-state index contributed by atoms with van der Waals surface area (Å²) in [6.45, 7) is 0.540. The first kappa shape index (κ1) is 15.0. The molecule has 1 N–H and O–H groups in total. The fraction of sp³-hybridized carbons (Fsp3) is 0.438. The SMILES string of the molecule is O=C([O-])C1CCC(Cn2c(=S)[nH]c3ccccc3c2=O)CC1. The molecule has 1 aliphatic rings. The zero-order chi connectivity index (χ0) is 15.7. The number of rotatable bonds is 3. The Balaban J connectivity index is 1.85. The number of aromatic amines is 1. The van der Waals surface area contributed by atoms with Crippen molar-refractivity contribution >= 4 is 29.1 Å². The van der Waals surface area contributed by atoms with Crippen LogP contribution in [-0.4, -0.2) is 15.5 Å². The van der Waals surface area contributed by atoms with Crippen molar-refractivity contribution in [3.63, 3.8) is 0 Å². The summed E-state index contributed by atoms with van der Waals surface area (Å²) >= 11 is 5.30. The molecule has 1 aromatic heterocycles. The maximum atomic E-state index is 12.6. The Labute approximate surface area is 132 Å². The number of benzene rings is 1. The fourth-order valence-corrected chi connectivity index (χ4v) is 3.47. The third kappa shape index (κ3) is 2.83. The van der Waals surface area contributed by atoms with Crippen LogP contribution in [0.5, 0.6) is 0 Å². The number of carboxylic acids is 1. The average Bonchev–Trinajstić information content (AvgIpc) is 2.52. The standard InChI is InChI=1S/C16H18N2O3S/c19-14-12-3-1-2-4-13(12)17-16(22)18(14)9-10-5-7-11(8-6-10)15(20)21/h1-4,10-11H,5-9H2,(H,17,22)(H,20,21)/p-1. The molecule has 0 saturated heterocycles. The molecule has 0 atom stereocenters. The minimum absolute atomic E-state index is 0.0821. The zero-order valence-electron chi connectivity index (χ0n) is 12.1. The van der Waals surface area contributed by atoms with Crippen LogP contribution >= 0.6 is 12.2 Å². The second-order valence-corrected chi connectivity index (χ2v) is 6.31. The number of fused-ring (bicyclic) bond motifs is 1. The smallest absolute Gasteiger partial charge is 0.262 e. The summed E-state index contributed by atoms with van der Waals surface area (Å²) in [6.07, 6.45) is 2.80. The summed E-state index contributed by atoms with van der Waals surface area (Å²) in [5, 5.41) is 11.5. The van der Waals surface area contributed by atoms with Crippen LogP contribution in [0.2, 0.25) is 0 Å². The first-order valence-electron chi connectivity index (χ1n) is 7.49. The van der Waals surface area contributed by atoms with Gasteiger partial charge in [-0.25, -0.2) is 0 Å². The van der Waals surface area contributed by atoms with E-state index in [2.05, 4.69) is 4.98 Å². The number of H-pyrrole nitrogens is 1. The molecule has 1 aromatic carbocycles. The first-order valence-corrected chi connectivity index (χ1v) is 7.90. The number of aromatic nitrogens is 2. The van der Waals surface area contributed by atoms with Gasteiger partial charge in [-0.3, -0.25) is 9.36 Å². The Morgan fingerprint density at radius 1 is 1.27 bits per heavy atom. The van der Waals surface area contributed by atoms with E-state index >= 15 is 0 Å². The van der Waals surface area contributed by atoms with E-state index in [9.17, 15) is 14.7 Å². The third-order valence-corrected chi connectivity index (χ3v) is 4.83. The van der Waals surface area contributed by atoms with Gasteiger partial charge in [0.05, 0.1) is 10.9 Å². The van der Waals surface area contributed by atoms with Crippen molar-refractivity contribution in [3.05, 3.63) is 39.4 Å². The molecule has 1 fully saturated rings. The van der Waals surface area contributed by atoms with Gasteiger partial charge in [0.2, 0.25) is 0 Å². The maximum absolute atomic E-state index is 12.6. The molecule has 22 heavy (non-hydrogen) atoms. The van der Waals surface area contributed by atoms with E-state index in [1.165, 1.54) is 0 Å². The normalized spacial score (nSPS) is 21.8. The largest absolute Gasteiger partial charge is 0.550 e. The van der Waals surface area contributed by atoms with E-state index in [0.29, 0.717) is 29.5 Å². The lowest BCUT2D eigenvalue weighted by Crippen LogP contribution is -2.35. The molecule has 0 spiro atoms. The van der Waals surface area contributed by atoms with Gasteiger partial charge in [-0.2, -0.15) is 0 Å². The highest BCUT2D eigenvalue weighted by Gasteiger charge is 2.22. The van der Waals surface area contributed by atoms with Gasteiger partial charge in [0.1, 0.15) is 0 Å². The average molecular weight is 317 g/mol. The van der Waals surface area contributed by atoms with Gasteiger partial charge >= 0.3 is 0 Å². The van der Waals surface area contributed by atoms with Gasteiger partial charge in [0, 0.05) is 12.5 Å². The molecule has 6 heteroatoms. The molecular formula is C16H17N2O3S-. The van der Waals surface area contributed by atoms with Gasteiger partial charge in [0.25, 0.3) is 5.56 Å². The Morgan fingerprint density at radius 3 is 2.64 bits per heavy atom. The van der Waals surface area contributed by atoms with Crippen LogP contribution < -0.4 is 10.7 Å². The van der Waals surface area contributed by atoms with Crippen LogP contribution in [0.3, 0.4) is 0 Å². The van der Waals surface area contributed by atoms with Crippen molar-refractivity contribution < 1.29 is 9.90 Å². The lowest BCUT2D eigenvalue weighted by molar-refractivity contribution is -0.312. The van der Waals surface area contributed by atoms with E-state index in [1.54, 1.807) is 10.6 Å². The van der Waals surface area contributed by atoms with Gasteiger partial charge in [0.15, 0.2) is 4.77 Å². The number of nitrogens with zero attached hydrogens (tertiary/aromatic N) is 1. The summed E-state index contributed by atoms with van der Waals surface area (Å²) in [5.74, 6) is -1.03. The number of carboxylic acid groups (broad SMARTS) is 1. The van der Waals surface area contributed by atoms with E-state index in [-0.39, 0.29) is 17.4 Å². The van der Waals surface area contributed by atoms with Gasteiger partial charge in [-0.1, -0.05) is 12.1 Å². The fourth-order valence-electron chi connectivity index (χ4n) is 3.20. The molecule has 1 saturated carbocycles. The Kier molecular flexibility index (Phi) is 4.11. The molecular weight excluding hydrogens is 300 g/mol. The van der Waals surface area contributed by atoms with Crippen LogP contribution in [0.1, 0.15) is 25.7 Å². The predicted octanol–water partition coefficient (Wildman–Crippen LogP) is 1.62. The zero-order valence-corrected chi connectivity index (χ0v) is 12.9. The monoisotopic (exact) mass is 317 g/mol. The molecule has 1 heterocycles. The molecule has 0 amide bonds. The number of carbonyl (C=O) groups excluding carboxylic acids is 1. The molecule has 2 aromatic rings. The van der Waals surface area contributed by atoms with Crippen molar-refractivity contribution in [2.45, 2.75) is 32.2 Å². The first-order chi connectivity index (χ1) is 10.6. The van der Waals surface area contributed by atoms with Crippen LogP contribution in [0.15, 0.2) is 29.1 Å². The highest BCUT2D eigenvalue weighted by atomic mass is 32.1. The summed E-state index contributed by atoms with van der Waals surface area (Å²) in [5.41, 5.74) is 0.663. The molecule has 0 radical (unpaired) electrons. The summed E-state index contributed by atoms with van der Waals surface area (Å²) < 4.78 is 2.02. The number of hydrogen-bond donors (Lipinski definition) is 1. The number of para-hydroxylation sites is 1. The molecule has 5 nitrogen and oxygen atoms in total. The summed E-state index contributed by atoms with van der Waals surface area (Å²) in [7, 11) is 0. The van der Waals surface area contributed by atoms with E-state index in [4.69, 9.17) is 12.2 Å². The second-order valence-electron chi connectivity index (χ2n) is 5.93. The van der Waals surface area contributed by atoms with Crippen molar-refractivity contribution in [1.29, 1.82) is 0 Å². The molecule has 1 aliphatic carbocycles. The maximum Gasteiger partial charge on any atom is 0.262 e. The highest BCUT2D eigenvalue weighted by molar-refractivity contribution is 7.71. The van der Waals surface area contributed by atoms with Gasteiger partial charge < -0.3 is 14.9 Å². The molecule has 3 rings (SSSR count). The van der Waals surface area contributed by atoms with E-state index < -0.39 is 5.97 Å². The quantitative estimate of drug-likeness (QED) is 0.873. The molecule has 116 valence electrons. The Hall–Kier alpha value is -1.95. The van der Waals surface area contributed by atoms with Crippen molar-refractivity contribution in [2.24, 2.45) is 11.8 Å². The summed E-state index contributed by atoms with van der Waals surface area (Å²) in [6, 6.07) is 7.31. The Morgan fingerprint density at radius 2 is 1.95 bits per heavy atom. The summed E-state index contributed by atoms with van der Waals surface area (Å²) in [4.78, 5) is 26.5. The minimum atomic E-state index is -0.960. The van der Waals surface area contributed by atoms with E-state index in [0.717, 1.165) is 18.4 Å². The predicted molar refractivity (Wildman–Crippen MR) is 83.8 cm³/mol. The lowest BCUT2D eigenvalue weighted by atomic mass is 9.82. The Bertz CT molecular complexity index is 816. The van der Waals surface area contributed by atoms with Crippen molar-refractivity contribution in [3.8, 4) is 0 Å². The number of nitrogens with one attached hydrogen (secondary N) is 1. The van der Waals surface area contributed by atoms with Crippen LogP contribution in [0, 0.1) is 16.6 Å². The molecule has 0 aliphatic heterocycles.